The van der Waals surface area contributed by atoms with E-state index in [2.05, 4.69) is 15.9 Å². The van der Waals surface area contributed by atoms with Crippen molar-refractivity contribution in [3.8, 4) is 0 Å². The lowest BCUT2D eigenvalue weighted by Gasteiger charge is -2.02. The fourth-order valence-electron chi connectivity index (χ4n) is 1.41. The van der Waals surface area contributed by atoms with Crippen molar-refractivity contribution in [3.05, 3.63) is 56.7 Å². The highest BCUT2D eigenvalue weighted by molar-refractivity contribution is 9.10. The molecule has 0 atom stereocenters. The highest BCUT2D eigenvalue weighted by atomic mass is 79.9. The third-order valence-corrected chi connectivity index (χ3v) is 3.56. The first-order valence-corrected chi connectivity index (χ1v) is 6.58. The maximum Gasteiger partial charge on any atom is 0.336 e. The Morgan fingerprint density at radius 3 is 2.47 bits per heavy atom. The molecule has 2 nitrogen and oxygen atoms in total. The molecular formula is C13H9BrO2S. The summed E-state index contributed by atoms with van der Waals surface area (Å²) in [5.74, 6) is -0.916. The lowest BCUT2D eigenvalue weighted by molar-refractivity contribution is -0.130. The molecule has 0 amide bonds. The summed E-state index contributed by atoms with van der Waals surface area (Å²) >= 11 is 4.84. The first-order valence-electron chi connectivity index (χ1n) is 4.91. The highest BCUT2D eigenvalue weighted by Gasteiger charge is 2.10. The van der Waals surface area contributed by atoms with Gasteiger partial charge >= 0.3 is 5.97 Å². The summed E-state index contributed by atoms with van der Waals surface area (Å²) in [5, 5.41) is 11.1. The highest BCUT2D eigenvalue weighted by Crippen LogP contribution is 2.22. The van der Waals surface area contributed by atoms with Crippen LogP contribution in [0.25, 0.3) is 11.6 Å². The minimum absolute atomic E-state index is 0.306. The molecule has 0 radical (unpaired) electrons. The van der Waals surface area contributed by atoms with Crippen molar-refractivity contribution in [1.29, 1.82) is 0 Å². The smallest absolute Gasteiger partial charge is 0.336 e. The summed E-state index contributed by atoms with van der Waals surface area (Å²) in [6.07, 6.45) is 1.69. The minimum Gasteiger partial charge on any atom is -0.478 e. The largest absolute Gasteiger partial charge is 0.478 e. The number of thiophene rings is 1. The molecule has 0 saturated carbocycles. The van der Waals surface area contributed by atoms with E-state index in [1.807, 2.05) is 29.6 Å². The quantitative estimate of drug-likeness (QED) is 0.865. The minimum atomic E-state index is -0.916. The molecule has 0 bridgehead atoms. The molecule has 86 valence electrons. The van der Waals surface area contributed by atoms with Gasteiger partial charge in [0.25, 0.3) is 0 Å². The summed E-state index contributed by atoms with van der Waals surface area (Å²) in [6.45, 7) is 0. The number of carboxylic acids is 1. The van der Waals surface area contributed by atoms with Gasteiger partial charge in [-0.1, -0.05) is 34.1 Å². The van der Waals surface area contributed by atoms with Gasteiger partial charge in [-0.3, -0.25) is 0 Å². The topological polar surface area (TPSA) is 37.3 Å². The molecule has 4 heteroatoms. The molecule has 0 aliphatic rings. The van der Waals surface area contributed by atoms with E-state index in [9.17, 15) is 9.90 Å². The Labute approximate surface area is 111 Å². The molecule has 2 aromatic rings. The molecular weight excluding hydrogens is 300 g/mol. The fraction of sp³-hybridized carbons (Fsp3) is 0. The van der Waals surface area contributed by atoms with Gasteiger partial charge in [-0.25, -0.2) is 4.79 Å². The van der Waals surface area contributed by atoms with E-state index in [0.29, 0.717) is 11.1 Å². The Morgan fingerprint density at radius 1 is 1.24 bits per heavy atom. The SMILES string of the molecule is O=C(O)/C(=C\c1cccs1)c1ccc(Br)cc1. The van der Waals surface area contributed by atoms with Gasteiger partial charge in [-0.15, -0.1) is 11.3 Å². The average Bonchev–Trinajstić information content (AvgIpc) is 2.80. The molecule has 0 saturated heterocycles. The fourth-order valence-corrected chi connectivity index (χ4v) is 2.34. The first-order chi connectivity index (χ1) is 8.16. The van der Waals surface area contributed by atoms with E-state index < -0.39 is 5.97 Å². The Bertz CT molecular complexity index is 541. The molecule has 0 unspecified atom stereocenters. The van der Waals surface area contributed by atoms with Crippen LogP contribution >= 0.6 is 27.3 Å². The van der Waals surface area contributed by atoms with E-state index in [-0.39, 0.29) is 0 Å². The summed E-state index contributed by atoms with van der Waals surface area (Å²) in [6, 6.07) is 11.0. The number of benzene rings is 1. The number of hydrogen-bond donors (Lipinski definition) is 1. The van der Waals surface area contributed by atoms with E-state index in [1.54, 1.807) is 18.2 Å². The molecule has 0 fully saturated rings. The van der Waals surface area contributed by atoms with Gasteiger partial charge in [-0.05, 0) is 35.2 Å². The number of halogens is 1. The van der Waals surface area contributed by atoms with Crippen LogP contribution in [-0.4, -0.2) is 11.1 Å². The lowest BCUT2D eigenvalue weighted by Crippen LogP contribution is -1.99. The van der Waals surface area contributed by atoms with Crippen molar-refractivity contribution in [2.24, 2.45) is 0 Å². The Hall–Kier alpha value is -1.39. The van der Waals surface area contributed by atoms with Gasteiger partial charge in [-0.2, -0.15) is 0 Å². The molecule has 17 heavy (non-hydrogen) atoms. The van der Waals surface area contributed by atoms with E-state index in [4.69, 9.17) is 0 Å². The summed E-state index contributed by atoms with van der Waals surface area (Å²) in [4.78, 5) is 12.2. The van der Waals surface area contributed by atoms with Crippen LogP contribution in [0.3, 0.4) is 0 Å². The lowest BCUT2D eigenvalue weighted by atomic mass is 10.1. The Morgan fingerprint density at radius 2 is 1.94 bits per heavy atom. The predicted octanol–water partition coefficient (Wildman–Crippen LogP) is 4.14. The molecule has 1 N–H and O–H groups in total. The summed E-state index contributed by atoms with van der Waals surface area (Å²) in [7, 11) is 0. The maximum absolute atomic E-state index is 11.2. The van der Waals surface area contributed by atoms with Crippen LogP contribution in [0, 0.1) is 0 Å². The van der Waals surface area contributed by atoms with Crippen LogP contribution in [-0.2, 0) is 4.79 Å². The number of rotatable bonds is 3. The number of aliphatic carboxylic acids is 1. The first kappa shape index (κ1) is 12.1. The van der Waals surface area contributed by atoms with Gasteiger partial charge in [0.2, 0.25) is 0 Å². The molecule has 1 aromatic heterocycles. The number of carboxylic acid groups (broad SMARTS) is 1. The monoisotopic (exact) mass is 308 g/mol. The number of carbonyl (C=O) groups is 1. The van der Waals surface area contributed by atoms with Crippen LogP contribution in [0.15, 0.2) is 46.3 Å². The number of hydrogen-bond acceptors (Lipinski definition) is 2. The normalized spacial score (nSPS) is 11.5. The van der Waals surface area contributed by atoms with Gasteiger partial charge in [0.15, 0.2) is 0 Å². The van der Waals surface area contributed by atoms with Gasteiger partial charge < -0.3 is 5.11 Å². The van der Waals surface area contributed by atoms with E-state index in [1.165, 1.54) is 11.3 Å². The zero-order valence-corrected chi connectivity index (χ0v) is 11.2. The van der Waals surface area contributed by atoms with Gasteiger partial charge in [0.05, 0.1) is 5.57 Å². The zero-order chi connectivity index (χ0) is 12.3. The molecule has 1 heterocycles. The second kappa shape index (κ2) is 5.29. The third kappa shape index (κ3) is 3.05. The predicted molar refractivity (Wildman–Crippen MR) is 74.0 cm³/mol. The van der Waals surface area contributed by atoms with Crippen molar-refractivity contribution in [3.63, 3.8) is 0 Å². The summed E-state index contributed by atoms with van der Waals surface area (Å²) in [5.41, 5.74) is 1.01. The van der Waals surface area contributed by atoms with Gasteiger partial charge in [0, 0.05) is 9.35 Å². The molecule has 0 spiro atoms. The molecule has 1 aromatic carbocycles. The Kier molecular flexibility index (Phi) is 3.76. The van der Waals surface area contributed by atoms with Crippen LogP contribution in [0.1, 0.15) is 10.4 Å². The van der Waals surface area contributed by atoms with Crippen molar-refractivity contribution < 1.29 is 9.90 Å². The van der Waals surface area contributed by atoms with Gasteiger partial charge in [0.1, 0.15) is 0 Å². The second-order valence-corrected chi connectivity index (χ2v) is 5.28. The van der Waals surface area contributed by atoms with Crippen molar-refractivity contribution >= 4 is 44.9 Å². The van der Waals surface area contributed by atoms with Crippen LogP contribution in [0.4, 0.5) is 0 Å². The van der Waals surface area contributed by atoms with E-state index >= 15 is 0 Å². The molecule has 0 aliphatic carbocycles. The molecule has 2 rings (SSSR count). The zero-order valence-electron chi connectivity index (χ0n) is 8.76. The maximum atomic E-state index is 11.2. The van der Waals surface area contributed by atoms with Crippen LogP contribution < -0.4 is 0 Å². The van der Waals surface area contributed by atoms with E-state index in [0.717, 1.165) is 9.35 Å². The van der Waals surface area contributed by atoms with Crippen molar-refractivity contribution in [2.45, 2.75) is 0 Å². The van der Waals surface area contributed by atoms with Crippen LogP contribution in [0.2, 0.25) is 0 Å². The van der Waals surface area contributed by atoms with Crippen LogP contribution in [0.5, 0.6) is 0 Å². The standard InChI is InChI=1S/C13H9BrO2S/c14-10-5-3-9(4-6-10)12(13(15)16)8-11-2-1-7-17-11/h1-8H,(H,15,16)/b12-8-. The van der Waals surface area contributed by atoms with Crippen molar-refractivity contribution in [2.75, 3.05) is 0 Å². The second-order valence-electron chi connectivity index (χ2n) is 3.39. The third-order valence-electron chi connectivity index (χ3n) is 2.22. The van der Waals surface area contributed by atoms with Crippen molar-refractivity contribution in [1.82, 2.24) is 0 Å². The Balaban J connectivity index is 2.43. The average molecular weight is 309 g/mol. The molecule has 0 aliphatic heterocycles. The summed E-state index contributed by atoms with van der Waals surface area (Å²) < 4.78 is 0.933.